The minimum atomic E-state index is -0.142. The second-order valence-corrected chi connectivity index (χ2v) is 4.16. The zero-order valence-corrected chi connectivity index (χ0v) is 9.92. The van der Waals surface area contributed by atoms with Crippen LogP contribution in [0.5, 0.6) is 0 Å². The number of aromatic amines is 1. The Kier molecular flexibility index (Phi) is 2.44. The number of fused-ring (bicyclic) bond motifs is 1. The van der Waals surface area contributed by atoms with Gasteiger partial charge in [0.25, 0.3) is 5.56 Å². The van der Waals surface area contributed by atoms with Crippen molar-refractivity contribution in [3.8, 4) is 0 Å². The molecule has 5 heteroatoms. The fourth-order valence-corrected chi connectivity index (χ4v) is 2.06. The molecule has 0 aliphatic heterocycles. The third-order valence-corrected chi connectivity index (χ3v) is 2.89. The van der Waals surface area contributed by atoms with E-state index in [2.05, 4.69) is 15.1 Å². The first-order valence-corrected chi connectivity index (χ1v) is 5.70. The highest BCUT2D eigenvalue weighted by molar-refractivity contribution is 5.76. The molecule has 0 atom stereocenters. The summed E-state index contributed by atoms with van der Waals surface area (Å²) in [5.41, 5.74) is 2.32. The minimum Gasteiger partial charge on any atom is -0.312 e. The first kappa shape index (κ1) is 10.7. The second-order valence-electron chi connectivity index (χ2n) is 4.16. The molecular weight excluding hydrogens is 228 g/mol. The highest BCUT2D eigenvalue weighted by atomic mass is 16.1. The molecule has 0 spiro atoms. The molecular formula is C13H12N4O. The highest BCUT2D eigenvalue weighted by Crippen LogP contribution is 2.12. The third-order valence-electron chi connectivity index (χ3n) is 2.89. The van der Waals surface area contributed by atoms with E-state index < -0.39 is 0 Å². The van der Waals surface area contributed by atoms with Crippen LogP contribution >= 0.6 is 0 Å². The lowest BCUT2D eigenvalue weighted by atomic mass is 10.2. The lowest BCUT2D eigenvalue weighted by molar-refractivity contribution is 0.695. The Hall–Kier alpha value is -2.43. The van der Waals surface area contributed by atoms with Gasteiger partial charge in [-0.15, -0.1) is 0 Å². The van der Waals surface area contributed by atoms with Gasteiger partial charge in [-0.25, -0.2) is 9.67 Å². The molecule has 0 radical (unpaired) electrons. The lowest BCUT2D eigenvalue weighted by Crippen LogP contribution is -2.08. The van der Waals surface area contributed by atoms with E-state index in [1.54, 1.807) is 4.68 Å². The first-order chi connectivity index (χ1) is 8.75. The van der Waals surface area contributed by atoms with Crippen LogP contribution in [0.3, 0.4) is 0 Å². The van der Waals surface area contributed by atoms with Crippen LogP contribution in [0.4, 0.5) is 0 Å². The van der Waals surface area contributed by atoms with Crippen LogP contribution in [0.25, 0.3) is 11.0 Å². The number of hydrogen-bond acceptors (Lipinski definition) is 3. The van der Waals surface area contributed by atoms with E-state index in [1.807, 2.05) is 37.3 Å². The molecule has 0 amide bonds. The van der Waals surface area contributed by atoms with Crippen LogP contribution in [0.2, 0.25) is 0 Å². The van der Waals surface area contributed by atoms with E-state index >= 15 is 0 Å². The normalized spacial score (nSPS) is 10.9. The molecule has 0 fully saturated rings. The van der Waals surface area contributed by atoms with Crippen molar-refractivity contribution in [3.63, 3.8) is 0 Å². The molecule has 0 saturated heterocycles. The van der Waals surface area contributed by atoms with Gasteiger partial charge in [-0.05, 0) is 12.5 Å². The molecule has 2 aromatic heterocycles. The maximum Gasteiger partial charge on any atom is 0.262 e. The van der Waals surface area contributed by atoms with Crippen LogP contribution in [-0.4, -0.2) is 19.7 Å². The molecule has 5 nitrogen and oxygen atoms in total. The molecule has 1 aromatic carbocycles. The van der Waals surface area contributed by atoms with E-state index in [9.17, 15) is 4.79 Å². The van der Waals surface area contributed by atoms with Gasteiger partial charge in [0.05, 0.1) is 18.6 Å². The van der Waals surface area contributed by atoms with Crippen molar-refractivity contribution in [1.82, 2.24) is 19.7 Å². The Labute approximate surface area is 103 Å². The molecule has 18 heavy (non-hydrogen) atoms. The van der Waals surface area contributed by atoms with Crippen LogP contribution in [0.15, 0.2) is 41.5 Å². The highest BCUT2D eigenvalue weighted by Gasteiger charge is 2.11. The molecule has 0 aliphatic carbocycles. The van der Waals surface area contributed by atoms with Gasteiger partial charge in [0, 0.05) is 0 Å². The standard InChI is InChI=1S/C13H12N4O/c1-9-11-12(14-8-15-13(11)18)17(16-9)7-10-5-3-2-4-6-10/h2-6,8H,7H2,1H3,(H,14,15,18). The fraction of sp³-hybridized carbons (Fsp3) is 0.154. The summed E-state index contributed by atoms with van der Waals surface area (Å²) < 4.78 is 1.76. The molecule has 0 unspecified atom stereocenters. The van der Waals surface area contributed by atoms with Gasteiger partial charge < -0.3 is 4.98 Å². The molecule has 3 aromatic rings. The Bertz CT molecular complexity index is 743. The summed E-state index contributed by atoms with van der Waals surface area (Å²) in [5, 5.41) is 4.94. The van der Waals surface area contributed by atoms with E-state index in [4.69, 9.17) is 0 Å². The average Bonchev–Trinajstić information content (AvgIpc) is 2.69. The maximum absolute atomic E-state index is 11.7. The molecule has 0 saturated carbocycles. The Morgan fingerprint density at radius 3 is 2.83 bits per heavy atom. The number of aromatic nitrogens is 4. The summed E-state index contributed by atoms with van der Waals surface area (Å²) in [6.45, 7) is 2.43. The number of benzene rings is 1. The Morgan fingerprint density at radius 1 is 1.28 bits per heavy atom. The summed E-state index contributed by atoms with van der Waals surface area (Å²) in [7, 11) is 0. The van der Waals surface area contributed by atoms with E-state index in [-0.39, 0.29) is 5.56 Å². The Balaban J connectivity index is 2.14. The van der Waals surface area contributed by atoms with Crippen molar-refractivity contribution in [2.45, 2.75) is 13.5 Å². The topological polar surface area (TPSA) is 63.6 Å². The van der Waals surface area contributed by atoms with E-state index in [0.717, 1.165) is 5.56 Å². The maximum atomic E-state index is 11.7. The van der Waals surface area contributed by atoms with Crippen molar-refractivity contribution in [3.05, 3.63) is 58.3 Å². The summed E-state index contributed by atoms with van der Waals surface area (Å²) in [6.07, 6.45) is 1.41. The van der Waals surface area contributed by atoms with Gasteiger partial charge >= 0.3 is 0 Å². The smallest absolute Gasteiger partial charge is 0.262 e. The second kappa shape index (κ2) is 4.10. The van der Waals surface area contributed by atoms with Gasteiger partial charge in [-0.1, -0.05) is 30.3 Å². The molecule has 90 valence electrons. The molecule has 3 rings (SSSR count). The molecule has 0 aliphatic rings. The Morgan fingerprint density at radius 2 is 2.06 bits per heavy atom. The zero-order valence-electron chi connectivity index (χ0n) is 9.92. The molecule has 2 heterocycles. The number of aryl methyl sites for hydroxylation is 1. The van der Waals surface area contributed by atoms with Gasteiger partial charge in [0.15, 0.2) is 5.65 Å². The largest absolute Gasteiger partial charge is 0.312 e. The van der Waals surface area contributed by atoms with Crippen molar-refractivity contribution < 1.29 is 0 Å². The van der Waals surface area contributed by atoms with E-state index in [1.165, 1.54) is 6.33 Å². The van der Waals surface area contributed by atoms with Crippen molar-refractivity contribution >= 4 is 11.0 Å². The van der Waals surface area contributed by atoms with Crippen LogP contribution < -0.4 is 5.56 Å². The summed E-state index contributed by atoms with van der Waals surface area (Å²) >= 11 is 0. The quantitative estimate of drug-likeness (QED) is 0.737. The predicted molar refractivity (Wildman–Crippen MR) is 68.4 cm³/mol. The van der Waals surface area contributed by atoms with Gasteiger partial charge in [0.2, 0.25) is 0 Å². The SMILES string of the molecule is Cc1nn(Cc2ccccc2)c2nc[nH]c(=O)c12. The van der Waals surface area contributed by atoms with Gasteiger partial charge in [-0.3, -0.25) is 4.79 Å². The summed E-state index contributed by atoms with van der Waals surface area (Å²) in [6, 6.07) is 9.98. The fourth-order valence-electron chi connectivity index (χ4n) is 2.06. The molecule has 0 bridgehead atoms. The lowest BCUT2D eigenvalue weighted by Gasteiger charge is -2.02. The number of nitrogens with zero attached hydrogens (tertiary/aromatic N) is 3. The predicted octanol–water partition coefficient (Wildman–Crippen LogP) is 1.48. The van der Waals surface area contributed by atoms with E-state index in [0.29, 0.717) is 23.3 Å². The number of hydrogen-bond donors (Lipinski definition) is 1. The van der Waals surface area contributed by atoms with Crippen molar-refractivity contribution in [1.29, 1.82) is 0 Å². The average molecular weight is 240 g/mol. The van der Waals surface area contributed by atoms with Crippen LogP contribution in [0, 0.1) is 6.92 Å². The van der Waals surface area contributed by atoms with Crippen LogP contribution in [0.1, 0.15) is 11.3 Å². The van der Waals surface area contributed by atoms with Gasteiger partial charge in [0.1, 0.15) is 5.39 Å². The number of rotatable bonds is 2. The van der Waals surface area contributed by atoms with Gasteiger partial charge in [-0.2, -0.15) is 5.10 Å². The van der Waals surface area contributed by atoms with Crippen LogP contribution in [-0.2, 0) is 6.54 Å². The summed E-state index contributed by atoms with van der Waals surface area (Å²) in [5.74, 6) is 0. The summed E-state index contributed by atoms with van der Waals surface area (Å²) in [4.78, 5) is 18.5. The van der Waals surface area contributed by atoms with Crippen molar-refractivity contribution in [2.24, 2.45) is 0 Å². The number of H-pyrrole nitrogens is 1. The molecule has 1 N–H and O–H groups in total. The minimum absolute atomic E-state index is 0.142. The monoisotopic (exact) mass is 240 g/mol. The third kappa shape index (κ3) is 1.69. The van der Waals surface area contributed by atoms with Crippen molar-refractivity contribution in [2.75, 3.05) is 0 Å². The first-order valence-electron chi connectivity index (χ1n) is 5.70. The number of nitrogens with one attached hydrogen (secondary N) is 1. The zero-order chi connectivity index (χ0) is 12.5.